The number of unbranched alkanes of at least 4 members (excludes halogenated alkanes) is 1. The Bertz CT molecular complexity index is 544. The standard InChI is InChI=1S/C13H19N3O3S/c1-3-4-7-19-13(18)16-6-5-9-10(8-16)14-12(20-2)15-11(9)17/h3-8H2,1-2H3,(H,14,15,17). The quantitative estimate of drug-likeness (QED) is 0.521. The van der Waals surface area contributed by atoms with Crippen molar-refractivity contribution >= 4 is 17.9 Å². The van der Waals surface area contributed by atoms with Crippen LogP contribution in [0.25, 0.3) is 0 Å². The summed E-state index contributed by atoms with van der Waals surface area (Å²) >= 11 is 1.38. The van der Waals surface area contributed by atoms with Gasteiger partial charge >= 0.3 is 6.09 Å². The number of hydrogen-bond acceptors (Lipinski definition) is 5. The molecule has 0 bridgehead atoms. The van der Waals surface area contributed by atoms with Crippen molar-refractivity contribution in [3.63, 3.8) is 0 Å². The maximum absolute atomic E-state index is 11.9. The number of aromatic nitrogens is 2. The highest BCUT2D eigenvalue weighted by Gasteiger charge is 2.25. The van der Waals surface area contributed by atoms with Crippen LogP contribution in [0.3, 0.4) is 0 Å². The van der Waals surface area contributed by atoms with Gasteiger partial charge in [-0.1, -0.05) is 25.1 Å². The fraction of sp³-hybridized carbons (Fsp3) is 0.615. The summed E-state index contributed by atoms with van der Waals surface area (Å²) in [7, 11) is 0. The van der Waals surface area contributed by atoms with E-state index in [1.54, 1.807) is 4.90 Å². The molecule has 1 aromatic rings. The van der Waals surface area contributed by atoms with Crippen LogP contribution in [-0.4, -0.2) is 40.4 Å². The maximum Gasteiger partial charge on any atom is 0.410 e. The molecule has 110 valence electrons. The third-order valence-electron chi connectivity index (χ3n) is 3.23. The predicted octanol–water partition coefficient (Wildman–Crippen LogP) is 1.79. The predicted molar refractivity (Wildman–Crippen MR) is 77.0 cm³/mol. The zero-order chi connectivity index (χ0) is 14.5. The van der Waals surface area contributed by atoms with E-state index in [0.29, 0.717) is 42.5 Å². The average Bonchev–Trinajstić information content (AvgIpc) is 2.46. The first-order chi connectivity index (χ1) is 9.65. The van der Waals surface area contributed by atoms with Crippen LogP contribution >= 0.6 is 11.8 Å². The number of aromatic amines is 1. The van der Waals surface area contributed by atoms with Crippen molar-refractivity contribution in [2.75, 3.05) is 19.4 Å². The number of hydrogen-bond donors (Lipinski definition) is 1. The van der Waals surface area contributed by atoms with Crippen LogP contribution in [0.5, 0.6) is 0 Å². The Morgan fingerprint density at radius 2 is 2.35 bits per heavy atom. The van der Waals surface area contributed by atoms with Crippen LogP contribution in [0.15, 0.2) is 9.95 Å². The number of H-pyrrole nitrogens is 1. The average molecular weight is 297 g/mol. The monoisotopic (exact) mass is 297 g/mol. The number of rotatable bonds is 4. The first-order valence-corrected chi connectivity index (χ1v) is 7.96. The summed E-state index contributed by atoms with van der Waals surface area (Å²) in [5, 5.41) is 0.579. The molecule has 0 saturated carbocycles. The second-order valence-electron chi connectivity index (χ2n) is 4.64. The minimum atomic E-state index is -0.322. The number of amides is 1. The van der Waals surface area contributed by atoms with Gasteiger partial charge in [-0.2, -0.15) is 0 Å². The molecule has 0 saturated heterocycles. The normalized spacial score (nSPS) is 14.0. The molecule has 7 heteroatoms. The number of nitrogens with one attached hydrogen (secondary N) is 1. The summed E-state index contributed by atoms with van der Waals surface area (Å²) < 4.78 is 5.19. The van der Waals surface area contributed by atoms with Crippen molar-refractivity contribution in [1.29, 1.82) is 0 Å². The third kappa shape index (κ3) is 3.33. The van der Waals surface area contributed by atoms with Crippen molar-refractivity contribution in [1.82, 2.24) is 14.9 Å². The molecule has 0 atom stereocenters. The van der Waals surface area contributed by atoms with E-state index in [1.807, 2.05) is 13.2 Å². The zero-order valence-electron chi connectivity index (χ0n) is 11.8. The fourth-order valence-corrected chi connectivity index (χ4v) is 2.46. The Morgan fingerprint density at radius 3 is 3.05 bits per heavy atom. The van der Waals surface area contributed by atoms with Crippen LogP contribution in [-0.2, 0) is 17.7 Å². The molecule has 0 unspecified atom stereocenters. The van der Waals surface area contributed by atoms with E-state index in [-0.39, 0.29) is 11.7 Å². The van der Waals surface area contributed by atoms with E-state index in [0.717, 1.165) is 12.8 Å². The summed E-state index contributed by atoms with van der Waals surface area (Å²) in [6.07, 6.45) is 3.91. The molecule has 0 aromatic carbocycles. The SMILES string of the molecule is CCCCOC(=O)N1CCc2c(nc(SC)[nH]c2=O)C1. The van der Waals surface area contributed by atoms with Gasteiger partial charge < -0.3 is 14.6 Å². The number of carbonyl (C=O) groups is 1. The summed E-state index contributed by atoms with van der Waals surface area (Å²) in [5.41, 5.74) is 1.26. The molecule has 1 aliphatic heterocycles. The van der Waals surface area contributed by atoms with E-state index in [9.17, 15) is 9.59 Å². The highest BCUT2D eigenvalue weighted by atomic mass is 32.2. The molecule has 1 aromatic heterocycles. The van der Waals surface area contributed by atoms with Gasteiger partial charge in [0, 0.05) is 12.1 Å². The molecule has 6 nitrogen and oxygen atoms in total. The van der Waals surface area contributed by atoms with Gasteiger partial charge in [-0.25, -0.2) is 9.78 Å². The molecule has 0 fully saturated rings. The number of carbonyl (C=O) groups excluding carboxylic acids is 1. The molecule has 0 radical (unpaired) electrons. The van der Waals surface area contributed by atoms with Crippen LogP contribution in [0.1, 0.15) is 31.0 Å². The number of fused-ring (bicyclic) bond motifs is 1. The number of ether oxygens (including phenoxy) is 1. The van der Waals surface area contributed by atoms with Crippen LogP contribution < -0.4 is 5.56 Å². The molecule has 0 spiro atoms. The fourth-order valence-electron chi connectivity index (χ4n) is 2.06. The van der Waals surface area contributed by atoms with Crippen molar-refractivity contribution in [2.24, 2.45) is 0 Å². The molecule has 1 amide bonds. The van der Waals surface area contributed by atoms with Gasteiger partial charge in [0.25, 0.3) is 5.56 Å². The van der Waals surface area contributed by atoms with Crippen LogP contribution in [0, 0.1) is 0 Å². The Morgan fingerprint density at radius 1 is 1.55 bits per heavy atom. The van der Waals surface area contributed by atoms with Crippen LogP contribution in [0.4, 0.5) is 4.79 Å². The summed E-state index contributed by atoms with van der Waals surface area (Å²) in [6, 6.07) is 0. The first-order valence-electron chi connectivity index (χ1n) is 6.73. The van der Waals surface area contributed by atoms with Gasteiger partial charge in [0.05, 0.1) is 18.8 Å². The van der Waals surface area contributed by atoms with Gasteiger partial charge in [-0.05, 0) is 19.1 Å². The highest BCUT2D eigenvalue weighted by molar-refractivity contribution is 7.98. The molecule has 2 rings (SSSR count). The number of thioether (sulfide) groups is 1. The highest BCUT2D eigenvalue weighted by Crippen LogP contribution is 2.17. The van der Waals surface area contributed by atoms with Gasteiger partial charge in [0.1, 0.15) is 0 Å². The van der Waals surface area contributed by atoms with E-state index >= 15 is 0 Å². The Kier molecular flexibility index (Phi) is 5.05. The molecule has 20 heavy (non-hydrogen) atoms. The van der Waals surface area contributed by atoms with E-state index in [2.05, 4.69) is 9.97 Å². The van der Waals surface area contributed by atoms with Crippen molar-refractivity contribution in [3.05, 3.63) is 21.6 Å². The minimum absolute atomic E-state index is 0.0987. The minimum Gasteiger partial charge on any atom is -0.449 e. The lowest BCUT2D eigenvalue weighted by atomic mass is 10.1. The summed E-state index contributed by atoms with van der Waals surface area (Å²) in [4.78, 5) is 32.5. The third-order valence-corrected chi connectivity index (χ3v) is 3.81. The Labute approximate surface area is 121 Å². The van der Waals surface area contributed by atoms with E-state index < -0.39 is 0 Å². The van der Waals surface area contributed by atoms with Crippen molar-refractivity contribution < 1.29 is 9.53 Å². The molecule has 2 heterocycles. The van der Waals surface area contributed by atoms with Crippen molar-refractivity contribution in [3.8, 4) is 0 Å². The Balaban J connectivity index is 2.08. The van der Waals surface area contributed by atoms with E-state index in [4.69, 9.17) is 4.74 Å². The first kappa shape index (κ1) is 14.9. The lowest BCUT2D eigenvalue weighted by Gasteiger charge is -2.27. The smallest absolute Gasteiger partial charge is 0.410 e. The second kappa shape index (κ2) is 6.78. The molecule has 1 aliphatic rings. The zero-order valence-corrected chi connectivity index (χ0v) is 12.6. The molecule has 1 N–H and O–H groups in total. The van der Waals surface area contributed by atoms with Gasteiger partial charge in [0.15, 0.2) is 5.16 Å². The van der Waals surface area contributed by atoms with Gasteiger partial charge in [-0.15, -0.1) is 0 Å². The number of nitrogens with zero attached hydrogens (tertiary/aromatic N) is 2. The lowest BCUT2D eigenvalue weighted by molar-refractivity contribution is 0.0957. The molecule has 0 aliphatic carbocycles. The maximum atomic E-state index is 11.9. The topological polar surface area (TPSA) is 75.3 Å². The Hall–Kier alpha value is -1.50. The van der Waals surface area contributed by atoms with Crippen LogP contribution in [0.2, 0.25) is 0 Å². The molecular weight excluding hydrogens is 278 g/mol. The van der Waals surface area contributed by atoms with Gasteiger partial charge in [-0.3, -0.25) is 4.79 Å². The largest absolute Gasteiger partial charge is 0.449 e. The van der Waals surface area contributed by atoms with E-state index in [1.165, 1.54) is 11.8 Å². The second-order valence-corrected chi connectivity index (χ2v) is 5.43. The molecular formula is C13H19N3O3S. The summed E-state index contributed by atoms with van der Waals surface area (Å²) in [5.74, 6) is 0. The lowest BCUT2D eigenvalue weighted by Crippen LogP contribution is -2.39. The van der Waals surface area contributed by atoms with Crippen molar-refractivity contribution in [2.45, 2.75) is 37.9 Å². The summed E-state index contributed by atoms with van der Waals surface area (Å²) in [6.45, 7) is 3.34. The van der Waals surface area contributed by atoms with Gasteiger partial charge in [0.2, 0.25) is 0 Å².